The quantitative estimate of drug-likeness (QED) is 0.411. The van der Waals surface area contributed by atoms with E-state index in [2.05, 4.69) is 6.58 Å². The van der Waals surface area contributed by atoms with Crippen LogP contribution in [0.4, 0.5) is 5.69 Å². The molecule has 0 radical (unpaired) electrons. The minimum Gasteiger partial charge on any atom is -0.506 e. The second-order valence-corrected chi connectivity index (χ2v) is 2.30. The zero-order valence-electron chi connectivity index (χ0n) is 6.04. The minimum atomic E-state index is 0.0362. The van der Waals surface area contributed by atoms with Gasteiger partial charge in [0.15, 0.2) is 0 Å². The van der Waals surface area contributed by atoms with Gasteiger partial charge in [-0.05, 0) is 12.1 Å². The van der Waals surface area contributed by atoms with Crippen LogP contribution in [0.3, 0.4) is 0 Å². The first-order valence-corrected chi connectivity index (χ1v) is 3.14. The maximum Gasteiger partial charge on any atom is 0.139 e. The van der Waals surface area contributed by atoms with Crippen molar-refractivity contribution < 1.29 is 5.11 Å². The van der Waals surface area contributed by atoms with E-state index in [1.807, 2.05) is 0 Å². The molecule has 5 N–H and O–H groups in total. The number of phenolic OH excluding ortho intramolecular Hbond substituents is 1. The van der Waals surface area contributed by atoms with Crippen molar-refractivity contribution in [1.82, 2.24) is 0 Å². The number of rotatable bonds is 1. The van der Waals surface area contributed by atoms with Gasteiger partial charge in [-0.15, -0.1) is 0 Å². The van der Waals surface area contributed by atoms with Gasteiger partial charge in [0.05, 0.1) is 5.69 Å². The molecule has 0 bridgehead atoms. The lowest BCUT2D eigenvalue weighted by Crippen LogP contribution is -1.94. The van der Waals surface area contributed by atoms with E-state index < -0.39 is 0 Å². The summed E-state index contributed by atoms with van der Waals surface area (Å²) in [4.78, 5) is 0. The highest BCUT2D eigenvalue weighted by Gasteiger charge is 1.98. The van der Waals surface area contributed by atoms with Gasteiger partial charge < -0.3 is 16.6 Å². The molecule has 0 aliphatic carbocycles. The van der Waals surface area contributed by atoms with Crippen molar-refractivity contribution in [3.05, 3.63) is 30.3 Å². The summed E-state index contributed by atoms with van der Waals surface area (Å²) in [6, 6.07) is 4.78. The number of aromatic hydroxyl groups is 1. The summed E-state index contributed by atoms with van der Waals surface area (Å²) in [5.41, 5.74) is 12.2. The molecule has 0 saturated heterocycles. The molecule has 0 atom stereocenters. The Kier molecular flexibility index (Phi) is 1.72. The largest absolute Gasteiger partial charge is 0.506 e. The Hall–Kier alpha value is -1.64. The summed E-state index contributed by atoms with van der Waals surface area (Å²) >= 11 is 0. The van der Waals surface area contributed by atoms with Gasteiger partial charge in [-0.25, -0.2) is 0 Å². The Labute approximate surface area is 64.9 Å². The molecule has 1 aromatic carbocycles. The highest BCUT2D eigenvalue weighted by atomic mass is 16.3. The van der Waals surface area contributed by atoms with Crippen molar-refractivity contribution in [2.75, 3.05) is 5.73 Å². The molecule has 0 spiro atoms. The number of nitrogen functional groups attached to an aromatic ring is 1. The number of benzene rings is 1. The zero-order chi connectivity index (χ0) is 8.43. The Morgan fingerprint density at radius 1 is 1.45 bits per heavy atom. The molecule has 0 aliphatic heterocycles. The number of anilines is 1. The maximum absolute atomic E-state index is 9.13. The third-order valence-corrected chi connectivity index (χ3v) is 1.40. The van der Waals surface area contributed by atoms with Crippen LogP contribution in [0.5, 0.6) is 5.75 Å². The molecule has 0 heterocycles. The van der Waals surface area contributed by atoms with E-state index in [1.54, 1.807) is 12.1 Å². The Bertz CT molecular complexity index is 294. The predicted octanol–water partition coefficient (Wildman–Crippen LogP) is 0.904. The van der Waals surface area contributed by atoms with Gasteiger partial charge >= 0.3 is 0 Å². The van der Waals surface area contributed by atoms with Crippen LogP contribution in [0.2, 0.25) is 0 Å². The average molecular weight is 150 g/mol. The fourth-order valence-corrected chi connectivity index (χ4v) is 0.743. The molecule has 0 aliphatic rings. The highest BCUT2D eigenvalue weighted by Crippen LogP contribution is 2.22. The third kappa shape index (κ3) is 1.43. The van der Waals surface area contributed by atoms with E-state index in [0.29, 0.717) is 16.9 Å². The van der Waals surface area contributed by atoms with Gasteiger partial charge in [-0.1, -0.05) is 12.6 Å². The van der Waals surface area contributed by atoms with Crippen LogP contribution in [-0.2, 0) is 0 Å². The fourth-order valence-electron chi connectivity index (χ4n) is 0.743. The predicted molar refractivity (Wildman–Crippen MR) is 45.7 cm³/mol. The molecule has 0 unspecified atom stereocenters. The molecule has 1 aromatic rings. The SMILES string of the molecule is C=C(N)c1ccc(N)c(O)c1. The molecule has 3 nitrogen and oxygen atoms in total. The van der Waals surface area contributed by atoms with Gasteiger partial charge in [0.25, 0.3) is 0 Å². The van der Waals surface area contributed by atoms with E-state index in [0.717, 1.165) is 0 Å². The van der Waals surface area contributed by atoms with Crippen molar-refractivity contribution in [1.29, 1.82) is 0 Å². The molecular weight excluding hydrogens is 140 g/mol. The highest BCUT2D eigenvalue weighted by molar-refractivity contribution is 5.66. The summed E-state index contributed by atoms with van der Waals surface area (Å²) in [5, 5.41) is 9.13. The van der Waals surface area contributed by atoms with E-state index in [9.17, 15) is 0 Å². The fraction of sp³-hybridized carbons (Fsp3) is 0. The standard InChI is InChI=1S/C8H10N2O/c1-5(9)6-2-3-7(10)8(11)4-6/h2-4,11H,1,9-10H2. The summed E-state index contributed by atoms with van der Waals surface area (Å²) in [6.07, 6.45) is 0. The van der Waals surface area contributed by atoms with Crippen molar-refractivity contribution in [2.45, 2.75) is 0 Å². The van der Waals surface area contributed by atoms with Gasteiger partial charge in [0.2, 0.25) is 0 Å². The van der Waals surface area contributed by atoms with Gasteiger partial charge in [0, 0.05) is 11.3 Å². The summed E-state index contributed by atoms with van der Waals surface area (Å²) in [5.74, 6) is 0.0362. The van der Waals surface area contributed by atoms with Crippen LogP contribution in [0.25, 0.3) is 5.70 Å². The summed E-state index contributed by atoms with van der Waals surface area (Å²) in [7, 11) is 0. The zero-order valence-corrected chi connectivity index (χ0v) is 6.04. The van der Waals surface area contributed by atoms with Crippen LogP contribution in [0.15, 0.2) is 24.8 Å². The third-order valence-electron chi connectivity index (χ3n) is 1.40. The van der Waals surface area contributed by atoms with Crippen LogP contribution in [-0.4, -0.2) is 5.11 Å². The first kappa shape index (κ1) is 7.47. The van der Waals surface area contributed by atoms with Gasteiger partial charge in [-0.3, -0.25) is 0 Å². The second kappa shape index (κ2) is 2.54. The van der Waals surface area contributed by atoms with Crippen LogP contribution < -0.4 is 11.5 Å². The number of nitrogens with two attached hydrogens (primary N) is 2. The lowest BCUT2D eigenvalue weighted by Gasteiger charge is -2.02. The monoisotopic (exact) mass is 150 g/mol. The molecule has 58 valence electrons. The normalized spacial score (nSPS) is 9.45. The minimum absolute atomic E-state index is 0.0362. The number of phenols is 1. The topological polar surface area (TPSA) is 72.3 Å². The first-order chi connectivity index (χ1) is 5.11. The number of hydrogen-bond acceptors (Lipinski definition) is 3. The summed E-state index contributed by atoms with van der Waals surface area (Å²) < 4.78 is 0. The molecular formula is C8H10N2O. The van der Waals surface area contributed by atoms with Crippen molar-refractivity contribution in [3.63, 3.8) is 0 Å². The number of hydrogen-bond donors (Lipinski definition) is 3. The van der Waals surface area contributed by atoms with E-state index in [1.165, 1.54) is 6.07 Å². The average Bonchev–Trinajstić information content (AvgIpc) is 1.94. The molecule has 11 heavy (non-hydrogen) atoms. The van der Waals surface area contributed by atoms with Crippen LogP contribution in [0.1, 0.15) is 5.56 Å². The molecule has 0 amide bonds. The van der Waals surface area contributed by atoms with E-state index in [4.69, 9.17) is 16.6 Å². The summed E-state index contributed by atoms with van der Waals surface area (Å²) in [6.45, 7) is 3.52. The van der Waals surface area contributed by atoms with E-state index >= 15 is 0 Å². The van der Waals surface area contributed by atoms with Crippen molar-refractivity contribution in [3.8, 4) is 5.75 Å². The van der Waals surface area contributed by atoms with Crippen LogP contribution >= 0.6 is 0 Å². The van der Waals surface area contributed by atoms with Crippen LogP contribution in [0, 0.1) is 0 Å². The maximum atomic E-state index is 9.13. The Morgan fingerprint density at radius 3 is 2.55 bits per heavy atom. The van der Waals surface area contributed by atoms with E-state index in [-0.39, 0.29) is 5.75 Å². The lowest BCUT2D eigenvalue weighted by molar-refractivity contribution is 0.478. The Balaban J connectivity index is 3.15. The first-order valence-electron chi connectivity index (χ1n) is 3.14. The second-order valence-electron chi connectivity index (χ2n) is 2.30. The Morgan fingerprint density at radius 2 is 2.09 bits per heavy atom. The molecule has 3 heteroatoms. The molecule has 0 saturated carbocycles. The molecule has 1 rings (SSSR count). The van der Waals surface area contributed by atoms with Crippen molar-refractivity contribution in [2.24, 2.45) is 5.73 Å². The lowest BCUT2D eigenvalue weighted by atomic mass is 10.1. The van der Waals surface area contributed by atoms with Gasteiger partial charge in [0.1, 0.15) is 5.75 Å². The molecule has 0 aromatic heterocycles. The van der Waals surface area contributed by atoms with Gasteiger partial charge in [-0.2, -0.15) is 0 Å². The van der Waals surface area contributed by atoms with Crippen molar-refractivity contribution >= 4 is 11.4 Å². The molecule has 0 fully saturated rings. The smallest absolute Gasteiger partial charge is 0.139 e.